The summed E-state index contributed by atoms with van der Waals surface area (Å²) in [5.41, 5.74) is 2.22. The number of aromatic carboxylic acids is 1. The van der Waals surface area contributed by atoms with Gasteiger partial charge >= 0.3 is 5.97 Å². The van der Waals surface area contributed by atoms with Crippen LogP contribution in [0.4, 0.5) is 5.69 Å². The molecule has 0 aliphatic carbocycles. The molecule has 2 N–H and O–H groups in total. The van der Waals surface area contributed by atoms with E-state index in [1.54, 1.807) is 12.1 Å². The molecule has 3 rings (SSSR count). The van der Waals surface area contributed by atoms with Crippen LogP contribution in [0.15, 0.2) is 58.8 Å². The maximum Gasteiger partial charge on any atom is 0.335 e. The molecule has 0 amide bonds. The third kappa shape index (κ3) is 4.12. The highest BCUT2D eigenvalue weighted by Gasteiger charge is 2.20. The number of benzene rings is 2. The van der Waals surface area contributed by atoms with Gasteiger partial charge in [-0.2, -0.15) is 0 Å². The Morgan fingerprint density at radius 3 is 2.56 bits per heavy atom. The molecule has 27 heavy (non-hydrogen) atoms. The van der Waals surface area contributed by atoms with Crippen LogP contribution in [-0.4, -0.2) is 26.6 Å². The second-order valence-electron chi connectivity index (χ2n) is 5.81. The number of carboxylic acid groups (broad SMARTS) is 1. The maximum atomic E-state index is 12.7. The molecule has 140 valence electrons. The average molecular weight is 403 g/mol. The molecule has 2 aromatic carbocycles. The van der Waals surface area contributed by atoms with Crippen LogP contribution in [0.2, 0.25) is 0 Å². The third-order valence-corrected chi connectivity index (χ3v) is 6.83. The van der Waals surface area contributed by atoms with Crippen LogP contribution in [0.25, 0.3) is 10.4 Å². The summed E-state index contributed by atoms with van der Waals surface area (Å²) >= 11 is 1.16. The number of anilines is 1. The van der Waals surface area contributed by atoms with Gasteiger partial charge in [0.15, 0.2) is 0 Å². The zero-order valence-corrected chi connectivity index (χ0v) is 16.2. The molecule has 0 atom stereocenters. The van der Waals surface area contributed by atoms with E-state index in [2.05, 4.69) is 4.72 Å². The van der Waals surface area contributed by atoms with Crippen LogP contribution in [0.5, 0.6) is 5.75 Å². The predicted octanol–water partition coefficient (Wildman–Crippen LogP) is 4.23. The minimum atomic E-state index is -3.84. The number of aryl methyl sites for hydroxylation is 1. The highest BCUT2D eigenvalue weighted by Crippen LogP contribution is 2.34. The van der Waals surface area contributed by atoms with Crippen LogP contribution < -0.4 is 9.46 Å². The molecule has 1 heterocycles. The summed E-state index contributed by atoms with van der Waals surface area (Å²) in [4.78, 5) is 11.9. The molecule has 0 aliphatic heterocycles. The first-order chi connectivity index (χ1) is 12.8. The SMILES string of the molecule is COc1cc(C(=O)O)ccc1NS(=O)(=O)c1ccc(-c2cccc(C)c2)s1. The third-order valence-electron chi connectivity index (χ3n) is 3.84. The fourth-order valence-corrected chi connectivity index (χ4v) is 4.89. The lowest BCUT2D eigenvalue weighted by atomic mass is 10.1. The quantitative estimate of drug-likeness (QED) is 0.642. The Morgan fingerprint density at radius 2 is 1.89 bits per heavy atom. The molecule has 0 spiro atoms. The van der Waals surface area contributed by atoms with E-state index >= 15 is 0 Å². The van der Waals surface area contributed by atoms with Gasteiger partial charge in [0, 0.05) is 4.88 Å². The van der Waals surface area contributed by atoms with Crippen LogP contribution in [0.3, 0.4) is 0 Å². The first-order valence-electron chi connectivity index (χ1n) is 7.91. The van der Waals surface area contributed by atoms with E-state index in [1.165, 1.54) is 25.3 Å². The number of hydrogen-bond acceptors (Lipinski definition) is 5. The number of thiophene rings is 1. The van der Waals surface area contributed by atoms with Crippen molar-refractivity contribution in [3.05, 3.63) is 65.7 Å². The fourth-order valence-electron chi connectivity index (χ4n) is 2.52. The summed E-state index contributed by atoms with van der Waals surface area (Å²) in [7, 11) is -2.49. The Balaban J connectivity index is 1.91. The number of hydrogen-bond donors (Lipinski definition) is 2. The van der Waals surface area contributed by atoms with Crippen LogP contribution in [0, 0.1) is 6.92 Å². The molecule has 0 saturated carbocycles. The van der Waals surface area contributed by atoms with Gasteiger partial charge in [-0.05, 0) is 42.8 Å². The molecule has 8 heteroatoms. The molecule has 0 saturated heterocycles. The largest absolute Gasteiger partial charge is 0.495 e. The topological polar surface area (TPSA) is 92.7 Å². The fraction of sp³-hybridized carbons (Fsp3) is 0.105. The maximum absolute atomic E-state index is 12.7. The van der Waals surface area contributed by atoms with Gasteiger partial charge in [0.25, 0.3) is 10.0 Å². The Labute approximate surface area is 161 Å². The van der Waals surface area contributed by atoms with Crippen LogP contribution in [0.1, 0.15) is 15.9 Å². The number of methoxy groups -OCH3 is 1. The second kappa shape index (κ2) is 7.42. The van der Waals surface area contributed by atoms with Crippen molar-refractivity contribution in [1.29, 1.82) is 0 Å². The molecular formula is C19H17NO5S2. The van der Waals surface area contributed by atoms with E-state index in [0.717, 1.165) is 27.3 Å². The van der Waals surface area contributed by atoms with Crippen molar-refractivity contribution < 1.29 is 23.1 Å². The Hall–Kier alpha value is -2.84. The minimum Gasteiger partial charge on any atom is -0.495 e. The second-order valence-corrected chi connectivity index (χ2v) is 8.81. The molecule has 3 aromatic rings. The van der Waals surface area contributed by atoms with E-state index in [4.69, 9.17) is 9.84 Å². The minimum absolute atomic E-state index is 0.00709. The molecule has 0 fully saturated rings. The van der Waals surface area contributed by atoms with Crippen molar-refractivity contribution in [2.24, 2.45) is 0 Å². The molecule has 0 unspecified atom stereocenters. The van der Waals surface area contributed by atoms with Gasteiger partial charge in [0.2, 0.25) is 0 Å². The zero-order valence-electron chi connectivity index (χ0n) is 14.6. The smallest absolute Gasteiger partial charge is 0.335 e. The van der Waals surface area contributed by atoms with Crippen molar-refractivity contribution in [2.75, 3.05) is 11.8 Å². The Kier molecular flexibility index (Phi) is 5.20. The lowest BCUT2D eigenvalue weighted by Crippen LogP contribution is -2.12. The zero-order chi connectivity index (χ0) is 19.6. The van der Waals surface area contributed by atoms with Gasteiger partial charge in [0.05, 0.1) is 18.4 Å². The molecular weight excluding hydrogens is 386 g/mol. The highest BCUT2D eigenvalue weighted by molar-refractivity contribution is 7.94. The number of sulfonamides is 1. The molecule has 6 nitrogen and oxygen atoms in total. The number of ether oxygens (including phenoxy) is 1. The summed E-state index contributed by atoms with van der Waals surface area (Å²) in [5.74, 6) is -0.988. The number of rotatable bonds is 6. The first kappa shape index (κ1) is 18.9. The van der Waals surface area contributed by atoms with Gasteiger partial charge < -0.3 is 9.84 Å². The number of carbonyl (C=O) groups is 1. The van der Waals surface area contributed by atoms with Crippen molar-refractivity contribution in [3.63, 3.8) is 0 Å². The van der Waals surface area contributed by atoms with Gasteiger partial charge in [-0.15, -0.1) is 11.3 Å². The van der Waals surface area contributed by atoms with Crippen molar-refractivity contribution in [1.82, 2.24) is 0 Å². The van der Waals surface area contributed by atoms with E-state index in [-0.39, 0.29) is 21.2 Å². The van der Waals surface area contributed by atoms with Crippen molar-refractivity contribution in [3.8, 4) is 16.2 Å². The van der Waals surface area contributed by atoms with Gasteiger partial charge in [-0.3, -0.25) is 4.72 Å². The number of carboxylic acids is 1. The molecule has 0 aliphatic rings. The lowest BCUT2D eigenvalue weighted by Gasteiger charge is -2.11. The van der Waals surface area contributed by atoms with Crippen LogP contribution in [-0.2, 0) is 10.0 Å². The predicted molar refractivity (Wildman–Crippen MR) is 105 cm³/mol. The molecule has 0 bridgehead atoms. The summed E-state index contributed by atoms with van der Waals surface area (Å²) in [6.45, 7) is 1.98. The standard InChI is InChI=1S/C19H17NO5S2/c1-12-4-3-5-13(10-12)17-8-9-18(26-17)27(23,24)20-15-7-6-14(19(21)22)11-16(15)25-2/h3-11,20H,1-2H3,(H,21,22). The van der Waals surface area contributed by atoms with Gasteiger partial charge in [-0.1, -0.05) is 29.8 Å². The highest BCUT2D eigenvalue weighted by atomic mass is 32.2. The van der Waals surface area contributed by atoms with Crippen molar-refractivity contribution >= 4 is 33.0 Å². The van der Waals surface area contributed by atoms with Gasteiger partial charge in [0.1, 0.15) is 9.96 Å². The monoisotopic (exact) mass is 403 g/mol. The Morgan fingerprint density at radius 1 is 1.11 bits per heavy atom. The molecule has 1 aromatic heterocycles. The van der Waals surface area contributed by atoms with E-state index < -0.39 is 16.0 Å². The summed E-state index contributed by atoms with van der Waals surface area (Å²) < 4.78 is 33.2. The average Bonchev–Trinajstić information content (AvgIpc) is 3.13. The van der Waals surface area contributed by atoms with E-state index in [9.17, 15) is 13.2 Å². The normalized spacial score (nSPS) is 11.2. The van der Waals surface area contributed by atoms with Crippen LogP contribution >= 0.6 is 11.3 Å². The molecule has 0 radical (unpaired) electrons. The Bertz CT molecular complexity index is 1100. The van der Waals surface area contributed by atoms with E-state index in [1.807, 2.05) is 31.2 Å². The summed E-state index contributed by atoms with van der Waals surface area (Å²) in [6.07, 6.45) is 0. The number of nitrogens with one attached hydrogen (secondary N) is 1. The first-order valence-corrected chi connectivity index (χ1v) is 10.2. The lowest BCUT2D eigenvalue weighted by molar-refractivity contribution is 0.0696. The summed E-state index contributed by atoms with van der Waals surface area (Å²) in [5, 5.41) is 9.04. The van der Waals surface area contributed by atoms with E-state index in [0.29, 0.717) is 0 Å². The van der Waals surface area contributed by atoms with Gasteiger partial charge in [-0.25, -0.2) is 13.2 Å². The van der Waals surface area contributed by atoms with Crippen molar-refractivity contribution in [2.45, 2.75) is 11.1 Å². The summed E-state index contributed by atoms with van der Waals surface area (Å²) in [6, 6.07) is 15.1.